The number of aromatic nitrogens is 2. The molecule has 0 aliphatic carbocycles. The second-order valence-electron chi connectivity index (χ2n) is 3.89. The summed E-state index contributed by atoms with van der Waals surface area (Å²) in [6.07, 6.45) is 3.74. The number of aryl methyl sites for hydroxylation is 1. The van der Waals surface area contributed by atoms with Crippen LogP contribution in [0, 0.1) is 0 Å². The Morgan fingerprint density at radius 3 is 2.89 bits per heavy atom. The molecule has 7 heteroatoms. The molecule has 0 atom stereocenters. The van der Waals surface area contributed by atoms with Gasteiger partial charge in [0.1, 0.15) is 11.6 Å². The van der Waals surface area contributed by atoms with Gasteiger partial charge in [-0.05, 0) is 6.07 Å². The van der Waals surface area contributed by atoms with Crippen molar-refractivity contribution < 1.29 is 14.3 Å². The fourth-order valence-corrected chi connectivity index (χ4v) is 1.51. The molecule has 0 aromatic carbocycles. The Bertz CT molecular complexity index is 594. The molecule has 19 heavy (non-hydrogen) atoms. The first-order valence-corrected chi connectivity index (χ1v) is 5.76. The molecule has 0 radical (unpaired) electrons. The summed E-state index contributed by atoms with van der Waals surface area (Å²) in [5, 5.41) is 11.9. The van der Waals surface area contributed by atoms with E-state index < -0.39 is 5.97 Å². The monoisotopic (exact) mass is 262 g/mol. The number of nitrogens with zero attached hydrogens (tertiary/aromatic N) is 2. The molecule has 2 heterocycles. The number of hydrogen-bond acceptors (Lipinski definition) is 6. The number of pyridine rings is 1. The Balaban J connectivity index is 2.07. The van der Waals surface area contributed by atoms with E-state index in [1.54, 1.807) is 6.20 Å². The zero-order valence-corrected chi connectivity index (χ0v) is 10.4. The molecule has 2 aromatic rings. The average Bonchev–Trinajstić information content (AvgIpc) is 2.85. The smallest absolute Gasteiger partial charge is 0.337 e. The minimum Gasteiger partial charge on any atom is -0.478 e. The molecule has 0 bridgehead atoms. The first-order chi connectivity index (χ1) is 9.10. The predicted octanol–water partition coefficient (Wildman–Crippen LogP) is 1.52. The summed E-state index contributed by atoms with van der Waals surface area (Å²) in [5.41, 5.74) is 5.66. The van der Waals surface area contributed by atoms with Gasteiger partial charge in [0.05, 0.1) is 30.2 Å². The van der Waals surface area contributed by atoms with Gasteiger partial charge < -0.3 is 20.6 Å². The van der Waals surface area contributed by atoms with E-state index in [9.17, 15) is 4.79 Å². The summed E-state index contributed by atoms with van der Waals surface area (Å²) >= 11 is 0. The van der Waals surface area contributed by atoms with Gasteiger partial charge in [0.2, 0.25) is 5.89 Å². The lowest BCUT2D eigenvalue weighted by atomic mass is 10.2. The normalized spacial score (nSPS) is 10.4. The van der Waals surface area contributed by atoms with Gasteiger partial charge in [-0.1, -0.05) is 6.92 Å². The number of oxazole rings is 1. The quantitative estimate of drug-likeness (QED) is 0.748. The van der Waals surface area contributed by atoms with Crippen molar-refractivity contribution in [2.24, 2.45) is 0 Å². The van der Waals surface area contributed by atoms with Crippen molar-refractivity contribution in [2.45, 2.75) is 19.9 Å². The van der Waals surface area contributed by atoms with E-state index in [4.69, 9.17) is 15.3 Å². The molecule has 2 aromatic heterocycles. The maximum Gasteiger partial charge on any atom is 0.337 e. The first kappa shape index (κ1) is 12.9. The summed E-state index contributed by atoms with van der Waals surface area (Å²) in [6.45, 7) is 2.30. The molecule has 0 fully saturated rings. The second-order valence-corrected chi connectivity index (χ2v) is 3.89. The fourth-order valence-electron chi connectivity index (χ4n) is 1.51. The van der Waals surface area contributed by atoms with Crippen LogP contribution in [0.25, 0.3) is 0 Å². The highest BCUT2D eigenvalue weighted by molar-refractivity contribution is 5.94. The van der Waals surface area contributed by atoms with Crippen molar-refractivity contribution in [1.29, 1.82) is 0 Å². The highest BCUT2D eigenvalue weighted by Gasteiger charge is 2.10. The maximum absolute atomic E-state index is 10.9. The maximum atomic E-state index is 10.9. The SMILES string of the molecule is CCc1cnc(CNc2cc(C(=O)O)c(N)cn2)o1. The topological polar surface area (TPSA) is 114 Å². The molecule has 0 aliphatic rings. The van der Waals surface area contributed by atoms with Gasteiger partial charge in [-0.3, -0.25) is 0 Å². The average molecular weight is 262 g/mol. The Labute approximate surface area is 109 Å². The molecule has 4 N–H and O–H groups in total. The van der Waals surface area contributed by atoms with Crippen molar-refractivity contribution in [3.05, 3.63) is 35.7 Å². The van der Waals surface area contributed by atoms with Gasteiger partial charge in [0.25, 0.3) is 0 Å². The van der Waals surface area contributed by atoms with Crippen molar-refractivity contribution in [2.75, 3.05) is 11.1 Å². The van der Waals surface area contributed by atoms with Crippen LogP contribution in [0.4, 0.5) is 11.5 Å². The number of carboxylic acids is 1. The van der Waals surface area contributed by atoms with Crippen molar-refractivity contribution in [1.82, 2.24) is 9.97 Å². The third kappa shape index (κ3) is 3.01. The molecule has 7 nitrogen and oxygen atoms in total. The highest BCUT2D eigenvalue weighted by atomic mass is 16.4. The summed E-state index contributed by atoms with van der Waals surface area (Å²) in [4.78, 5) is 19.0. The lowest BCUT2D eigenvalue weighted by molar-refractivity contribution is 0.0698. The lowest BCUT2D eigenvalue weighted by Gasteiger charge is -2.05. The summed E-state index contributed by atoms with van der Waals surface area (Å²) in [6, 6.07) is 1.38. The second kappa shape index (κ2) is 5.38. The zero-order valence-electron chi connectivity index (χ0n) is 10.4. The van der Waals surface area contributed by atoms with Crippen LogP contribution in [0.3, 0.4) is 0 Å². The van der Waals surface area contributed by atoms with E-state index >= 15 is 0 Å². The summed E-state index contributed by atoms with van der Waals surface area (Å²) in [5.74, 6) is 0.635. The number of carbonyl (C=O) groups is 1. The van der Waals surface area contributed by atoms with Crippen molar-refractivity contribution >= 4 is 17.5 Å². The number of nitrogens with one attached hydrogen (secondary N) is 1. The Hall–Kier alpha value is -2.57. The third-order valence-corrected chi connectivity index (χ3v) is 2.54. The molecular formula is C12H14N4O3. The molecule has 0 amide bonds. The molecule has 0 unspecified atom stereocenters. The van der Waals surface area contributed by atoms with Crippen LogP contribution in [0.1, 0.15) is 28.9 Å². The van der Waals surface area contributed by atoms with Crippen LogP contribution in [0.2, 0.25) is 0 Å². The summed E-state index contributed by atoms with van der Waals surface area (Å²) in [7, 11) is 0. The molecule has 0 aliphatic heterocycles. The Kier molecular flexibility index (Phi) is 3.65. The van der Waals surface area contributed by atoms with E-state index in [1.165, 1.54) is 12.3 Å². The molecule has 100 valence electrons. The lowest BCUT2D eigenvalue weighted by Crippen LogP contribution is -2.07. The van der Waals surface area contributed by atoms with Crippen molar-refractivity contribution in [3.8, 4) is 0 Å². The minimum atomic E-state index is -1.09. The largest absolute Gasteiger partial charge is 0.478 e. The zero-order chi connectivity index (χ0) is 13.8. The Morgan fingerprint density at radius 2 is 2.26 bits per heavy atom. The molecule has 0 spiro atoms. The highest BCUT2D eigenvalue weighted by Crippen LogP contribution is 2.15. The van der Waals surface area contributed by atoms with Gasteiger partial charge in [0, 0.05) is 6.42 Å². The van der Waals surface area contributed by atoms with Crippen molar-refractivity contribution in [3.63, 3.8) is 0 Å². The third-order valence-electron chi connectivity index (χ3n) is 2.54. The molecule has 0 saturated carbocycles. The van der Waals surface area contributed by atoms with Gasteiger partial charge in [0.15, 0.2) is 0 Å². The fraction of sp³-hybridized carbons (Fsp3) is 0.250. The predicted molar refractivity (Wildman–Crippen MR) is 68.8 cm³/mol. The first-order valence-electron chi connectivity index (χ1n) is 5.76. The number of carboxylic acid groups (broad SMARTS) is 1. The van der Waals surface area contributed by atoms with E-state index in [2.05, 4.69) is 15.3 Å². The number of rotatable bonds is 5. The molecule has 2 rings (SSSR count). The number of hydrogen-bond donors (Lipinski definition) is 3. The van der Waals surface area contributed by atoms with Crippen LogP contribution >= 0.6 is 0 Å². The van der Waals surface area contributed by atoms with Gasteiger partial charge in [-0.2, -0.15) is 0 Å². The van der Waals surface area contributed by atoms with Gasteiger partial charge in [-0.15, -0.1) is 0 Å². The standard InChI is InChI=1S/C12H14N4O3/c1-2-7-4-16-11(19-7)6-15-10-3-8(12(17)18)9(13)5-14-10/h3-5H,2,6,13H2,1H3,(H,14,15)(H,17,18). The summed E-state index contributed by atoms with van der Waals surface area (Å²) < 4.78 is 5.41. The van der Waals surface area contributed by atoms with Crippen LogP contribution in [0.15, 0.2) is 22.9 Å². The number of nitrogens with two attached hydrogens (primary N) is 1. The minimum absolute atomic E-state index is 0.0131. The van der Waals surface area contributed by atoms with Crippen LogP contribution in [-0.2, 0) is 13.0 Å². The number of nitrogen functional groups attached to an aromatic ring is 1. The van der Waals surface area contributed by atoms with Crippen LogP contribution < -0.4 is 11.1 Å². The molecular weight excluding hydrogens is 248 g/mol. The van der Waals surface area contributed by atoms with Gasteiger partial charge >= 0.3 is 5.97 Å². The number of anilines is 2. The van der Waals surface area contributed by atoms with E-state index in [0.29, 0.717) is 18.3 Å². The van der Waals surface area contributed by atoms with Crippen LogP contribution in [-0.4, -0.2) is 21.0 Å². The van der Waals surface area contributed by atoms with Crippen LogP contribution in [0.5, 0.6) is 0 Å². The number of aromatic carboxylic acids is 1. The van der Waals surface area contributed by atoms with Gasteiger partial charge in [-0.25, -0.2) is 14.8 Å². The Morgan fingerprint density at radius 1 is 1.47 bits per heavy atom. The molecule has 0 saturated heterocycles. The van der Waals surface area contributed by atoms with E-state index in [-0.39, 0.29) is 11.3 Å². The van der Waals surface area contributed by atoms with E-state index in [1.807, 2.05) is 6.92 Å². The van der Waals surface area contributed by atoms with E-state index in [0.717, 1.165) is 12.2 Å².